The van der Waals surface area contributed by atoms with Gasteiger partial charge in [0.1, 0.15) is 6.61 Å². The molecule has 0 spiro atoms. The van der Waals surface area contributed by atoms with Crippen molar-refractivity contribution in [3.63, 3.8) is 0 Å². The van der Waals surface area contributed by atoms with Gasteiger partial charge in [-0.15, -0.1) is 0 Å². The molecule has 0 aromatic heterocycles. The van der Waals surface area contributed by atoms with Crippen LogP contribution in [0.4, 0.5) is 0 Å². The lowest BCUT2D eigenvalue weighted by atomic mass is 10.1. The highest BCUT2D eigenvalue weighted by atomic mass is 16.6. The second-order valence-corrected chi connectivity index (χ2v) is 5.09. The minimum Gasteiger partial charge on any atom is -0.466 e. The first-order chi connectivity index (χ1) is 10.3. The summed E-state index contributed by atoms with van der Waals surface area (Å²) < 4.78 is 14.2. The topological polar surface area (TPSA) is 96.0 Å². The maximum absolute atomic E-state index is 11.3. The monoisotopic (exact) mass is 316 g/mol. The fraction of sp³-hybridized carbons (Fsp3) is 0.733. The lowest BCUT2D eigenvalue weighted by Gasteiger charge is -2.07. The Morgan fingerprint density at radius 3 is 2.05 bits per heavy atom. The Bertz CT molecular complexity index is 387. The van der Waals surface area contributed by atoms with Gasteiger partial charge in [0.05, 0.1) is 13.0 Å². The molecule has 0 saturated carbocycles. The maximum Gasteiger partial charge on any atom is 0.316 e. The first kappa shape index (κ1) is 20.1. The summed E-state index contributed by atoms with van der Waals surface area (Å²) in [6.45, 7) is 5.43. The number of ether oxygens (including phenoxy) is 3. The van der Waals surface area contributed by atoms with Crippen molar-refractivity contribution in [1.29, 1.82) is 0 Å². The number of carbonyl (C=O) groups is 4. The van der Waals surface area contributed by atoms with Gasteiger partial charge in [-0.3, -0.25) is 19.2 Å². The average molecular weight is 316 g/mol. The van der Waals surface area contributed by atoms with E-state index in [2.05, 4.69) is 4.74 Å². The van der Waals surface area contributed by atoms with Gasteiger partial charge in [0.2, 0.25) is 0 Å². The van der Waals surface area contributed by atoms with Crippen LogP contribution in [-0.4, -0.2) is 37.1 Å². The Morgan fingerprint density at radius 2 is 1.45 bits per heavy atom. The SMILES string of the molecule is CCC(=O)OC(=O)CCOC(=O)CCCOC(=O)CC(C)C. The Labute approximate surface area is 130 Å². The average Bonchev–Trinajstić information content (AvgIpc) is 2.42. The molecule has 0 heterocycles. The van der Waals surface area contributed by atoms with Gasteiger partial charge < -0.3 is 14.2 Å². The van der Waals surface area contributed by atoms with Crippen LogP contribution >= 0.6 is 0 Å². The highest BCUT2D eigenvalue weighted by Gasteiger charge is 2.11. The molecular formula is C15H24O7. The molecule has 0 aliphatic carbocycles. The summed E-state index contributed by atoms with van der Waals surface area (Å²) in [5.74, 6) is -1.88. The van der Waals surface area contributed by atoms with E-state index < -0.39 is 17.9 Å². The van der Waals surface area contributed by atoms with Gasteiger partial charge in [-0.05, 0) is 12.3 Å². The van der Waals surface area contributed by atoms with Crippen LogP contribution in [0.25, 0.3) is 0 Å². The van der Waals surface area contributed by atoms with Crippen molar-refractivity contribution in [2.45, 2.75) is 52.9 Å². The predicted molar refractivity (Wildman–Crippen MR) is 76.6 cm³/mol. The molecule has 0 rings (SSSR count). The van der Waals surface area contributed by atoms with E-state index in [9.17, 15) is 19.2 Å². The van der Waals surface area contributed by atoms with E-state index >= 15 is 0 Å². The van der Waals surface area contributed by atoms with Crippen molar-refractivity contribution in [3.8, 4) is 0 Å². The van der Waals surface area contributed by atoms with Gasteiger partial charge >= 0.3 is 23.9 Å². The molecule has 22 heavy (non-hydrogen) atoms. The van der Waals surface area contributed by atoms with E-state index in [1.165, 1.54) is 0 Å². The van der Waals surface area contributed by atoms with Crippen LogP contribution in [0.2, 0.25) is 0 Å². The number of hydrogen-bond acceptors (Lipinski definition) is 7. The van der Waals surface area contributed by atoms with Gasteiger partial charge in [0.25, 0.3) is 0 Å². The van der Waals surface area contributed by atoms with E-state index in [-0.39, 0.29) is 44.4 Å². The second kappa shape index (κ2) is 11.7. The van der Waals surface area contributed by atoms with Gasteiger partial charge in [-0.2, -0.15) is 0 Å². The molecule has 0 fully saturated rings. The van der Waals surface area contributed by atoms with Crippen LogP contribution in [0.15, 0.2) is 0 Å². The third-order valence-corrected chi connectivity index (χ3v) is 2.45. The molecule has 7 nitrogen and oxygen atoms in total. The van der Waals surface area contributed by atoms with E-state index in [0.717, 1.165) is 0 Å². The zero-order valence-corrected chi connectivity index (χ0v) is 13.4. The van der Waals surface area contributed by atoms with Crippen molar-refractivity contribution < 1.29 is 33.4 Å². The zero-order chi connectivity index (χ0) is 17.0. The van der Waals surface area contributed by atoms with Crippen LogP contribution in [0.1, 0.15) is 52.9 Å². The minimum absolute atomic E-state index is 0.0951. The Hall–Kier alpha value is -1.92. The Balaban J connectivity index is 3.60. The molecule has 0 radical (unpaired) electrons. The molecule has 0 unspecified atom stereocenters. The van der Waals surface area contributed by atoms with E-state index in [1.54, 1.807) is 6.92 Å². The van der Waals surface area contributed by atoms with Crippen LogP contribution in [0.3, 0.4) is 0 Å². The molecule has 0 aromatic carbocycles. The molecule has 7 heteroatoms. The summed E-state index contributed by atoms with van der Waals surface area (Å²) in [4.78, 5) is 44.5. The van der Waals surface area contributed by atoms with Crippen molar-refractivity contribution in [1.82, 2.24) is 0 Å². The summed E-state index contributed by atoms with van der Waals surface area (Å²) >= 11 is 0. The molecule has 0 bridgehead atoms. The molecule has 0 N–H and O–H groups in total. The Morgan fingerprint density at radius 1 is 0.818 bits per heavy atom. The van der Waals surface area contributed by atoms with Crippen LogP contribution in [0, 0.1) is 5.92 Å². The van der Waals surface area contributed by atoms with E-state index in [1.807, 2.05) is 13.8 Å². The fourth-order valence-corrected chi connectivity index (χ4v) is 1.37. The number of rotatable bonds is 10. The molecule has 0 amide bonds. The highest BCUT2D eigenvalue weighted by Crippen LogP contribution is 2.02. The van der Waals surface area contributed by atoms with E-state index in [0.29, 0.717) is 12.8 Å². The quantitative estimate of drug-likeness (QED) is 0.262. The molecule has 0 aliphatic heterocycles. The number of hydrogen-bond donors (Lipinski definition) is 0. The molecule has 0 aromatic rings. The number of carbonyl (C=O) groups excluding carboxylic acids is 4. The standard InChI is InChI=1S/C15H24O7/c1-4-12(16)22-14(18)7-9-21-13(17)6-5-8-20-15(19)10-11(2)3/h11H,4-10H2,1-3H3. The largest absolute Gasteiger partial charge is 0.466 e. The maximum atomic E-state index is 11.3. The van der Waals surface area contributed by atoms with Crippen LogP contribution in [-0.2, 0) is 33.4 Å². The van der Waals surface area contributed by atoms with Crippen molar-refractivity contribution in [3.05, 3.63) is 0 Å². The minimum atomic E-state index is -0.720. The van der Waals surface area contributed by atoms with Crippen LogP contribution < -0.4 is 0 Å². The normalized spacial score (nSPS) is 10.2. The van der Waals surface area contributed by atoms with Crippen LogP contribution in [0.5, 0.6) is 0 Å². The fourth-order valence-electron chi connectivity index (χ4n) is 1.37. The Kier molecular flexibility index (Phi) is 10.7. The molecule has 0 atom stereocenters. The smallest absolute Gasteiger partial charge is 0.316 e. The summed E-state index contributed by atoms with van der Waals surface area (Å²) in [5.41, 5.74) is 0. The summed E-state index contributed by atoms with van der Waals surface area (Å²) in [6.07, 6.45) is 0.754. The van der Waals surface area contributed by atoms with Gasteiger partial charge in [-0.25, -0.2) is 0 Å². The molecule has 126 valence electrons. The summed E-state index contributed by atoms with van der Waals surface area (Å²) in [5, 5.41) is 0. The highest BCUT2D eigenvalue weighted by molar-refractivity contribution is 5.85. The predicted octanol–water partition coefficient (Wildman–Crippen LogP) is 1.77. The number of esters is 4. The van der Waals surface area contributed by atoms with Gasteiger partial charge in [0.15, 0.2) is 0 Å². The lowest BCUT2D eigenvalue weighted by molar-refractivity contribution is -0.160. The third-order valence-electron chi connectivity index (χ3n) is 2.45. The molecule has 0 aliphatic rings. The second-order valence-electron chi connectivity index (χ2n) is 5.09. The van der Waals surface area contributed by atoms with E-state index in [4.69, 9.17) is 9.47 Å². The van der Waals surface area contributed by atoms with Crippen molar-refractivity contribution >= 4 is 23.9 Å². The first-order valence-corrected chi connectivity index (χ1v) is 7.39. The lowest BCUT2D eigenvalue weighted by Crippen LogP contribution is -2.15. The third kappa shape index (κ3) is 11.9. The summed E-state index contributed by atoms with van der Waals surface area (Å²) in [6, 6.07) is 0. The zero-order valence-electron chi connectivity index (χ0n) is 13.4. The van der Waals surface area contributed by atoms with Crippen molar-refractivity contribution in [2.75, 3.05) is 13.2 Å². The van der Waals surface area contributed by atoms with Gasteiger partial charge in [0, 0.05) is 19.3 Å². The van der Waals surface area contributed by atoms with Gasteiger partial charge in [-0.1, -0.05) is 20.8 Å². The molecular weight excluding hydrogens is 292 g/mol. The summed E-state index contributed by atoms with van der Waals surface area (Å²) in [7, 11) is 0. The van der Waals surface area contributed by atoms with Crippen molar-refractivity contribution in [2.24, 2.45) is 5.92 Å². The molecule has 0 saturated heterocycles. The first-order valence-electron chi connectivity index (χ1n) is 7.39.